The highest BCUT2D eigenvalue weighted by Crippen LogP contribution is 2.34. The molecule has 3 nitrogen and oxygen atoms in total. The zero-order valence-electron chi connectivity index (χ0n) is 13.1. The fraction of sp³-hybridized carbons (Fsp3) is 0.158. The maximum absolute atomic E-state index is 13.8. The Kier molecular flexibility index (Phi) is 3.94. The summed E-state index contributed by atoms with van der Waals surface area (Å²) < 4.78 is 19.8. The van der Waals surface area contributed by atoms with Gasteiger partial charge in [-0.15, -0.1) is 0 Å². The van der Waals surface area contributed by atoms with Crippen molar-refractivity contribution >= 4 is 33.8 Å². The third kappa shape index (κ3) is 2.65. The molecule has 4 aromatic rings. The van der Waals surface area contributed by atoms with Crippen LogP contribution in [0, 0.1) is 5.82 Å². The SMILES string of the molecule is CCc1nc(SCc2ccccc2F)c2oc3ccccc3c2n1. The molecular weight excluding hydrogens is 323 g/mol. The van der Waals surface area contributed by atoms with E-state index < -0.39 is 0 Å². The number of thioether (sulfide) groups is 1. The van der Waals surface area contributed by atoms with Crippen molar-refractivity contribution in [3.63, 3.8) is 0 Å². The average Bonchev–Trinajstić information content (AvgIpc) is 2.99. The van der Waals surface area contributed by atoms with Crippen LogP contribution in [-0.4, -0.2) is 9.97 Å². The lowest BCUT2D eigenvalue weighted by Crippen LogP contribution is -1.96. The van der Waals surface area contributed by atoms with Crippen LogP contribution in [0.2, 0.25) is 0 Å². The molecule has 0 amide bonds. The Balaban J connectivity index is 1.80. The second-order valence-electron chi connectivity index (χ2n) is 5.45. The summed E-state index contributed by atoms with van der Waals surface area (Å²) in [6.45, 7) is 2.02. The third-order valence-electron chi connectivity index (χ3n) is 3.87. The number of nitrogens with zero attached hydrogens (tertiary/aromatic N) is 2. The summed E-state index contributed by atoms with van der Waals surface area (Å²) in [5.74, 6) is 1.07. The molecule has 0 aliphatic carbocycles. The number of para-hydroxylation sites is 1. The van der Waals surface area contributed by atoms with Gasteiger partial charge in [0.1, 0.15) is 27.8 Å². The maximum Gasteiger partial charge on any atom is 0.186 e. The van der Waals surface area contributed by atoms with E-state index in [-0.39, 0.29) is 5.82 Å². The van der Waals surface area contributed by atoms with Gasteiger partial charge in [0.15, 0.2) is 5.58 Å². The van der Waals surface area contributed by atoms with E-state index in [9.17, 15) is 4.39 Å². The van der Waals surface area contributed by atoms with Gasteiger partial charge in [-0.1, -0.05) is 49.0 Å². The van der Waals surface area contributed by atoms with Crippen molar-refractivity contribution in [2.75, 3.05) is 0 Å². The van der Waals surface area contributed by atoms with E-state index in [0.717, 1.165) is 33.8 Å². The van der Waals surface area contributed by atoms with E-state index in [1.54, 1.807) is 12.1 Å². The highest BCUT2D eigenvalue weighted by molar-refractivity contribution is 7.98. The Morgan fingerprint density at radius 3 is 2.67 bits per heavy atom. The normalized spacial score (nSPS) is 11.4. The summed E-state index contributed by atoms with van der Waals surface area (Å²) in [6, 6.07) is 14.6. The van der Waals surface area contributed by atoms with Crippen molar-refractivity contribution in [2.24, 2.45) is 0 Å². The smallest absolute Gasteiger partial charge is 0.186 e. The van der Waals surface area contributed by atoms with Crippen LogP contribution in [0.5, 0.6) is 0 Å². The zero-order chi connectivity index (χ0) is 16.5. The lowest BCUT2D eigenvalue weighted by molar-refractivity contribution is 0.617. The van der Waals surface area contributed by atoms with Crippen molar-refractivity contribution in [3.05, 3.63) is 65.7 Å². The van der Waals surface area contributed by atoms with Gasteiger partial charge in [-0.05, 0) is 23.8 Å². The fourth-order valence-electron chi connectivity index (χ4n) is 2.63. The number of aryl methyl sites for hydroxylation is 1. The molecule has 0 N–H and O–H groups in total. The number of halogens is 1. The van der Waals surface area contributed by atoms with Crippen molar-refractivity contribution < 1.29 is 8.81 Å². The van der Waals surface area contributed by atoms with E-state index >= 15 is 0 Å². The molecule has 0 fully saturated rings. The Morgan fingerprint density at radius 2 is 1.83 bits per heavy atom. The van der Waals surface area contributed by atoms with Crippen molar-refractivity contribution in [3.8, 4) is 0 Å². The quantitative estimate of drug-likeness (QED) is 0.370. The van der Waals surface area contributed by atoms with Crippen LogP contribution in [0.1, 0.15) is 18.3 Å². The van der Waals surface area contributed by atoms with Crippen LogP contribution in [0.4, 0.5) is 4.39 Å². The number of fused-ring (bicyclic) bond motifs is 3. The average molecular weight is 338 g/mol. The van der Waals surface area contributed by atoms with E-state index in [4.69, 9.17) is 4.42 Å². The molecule has 0 radical (unpaired) electrons. The van der Waals surface area contributed by atoms with E-state index in [1.165, 1.54) is 17.8 Å². The molecule has 0 spiro atoms. The molecule has 0 bridgehead atoms. The van der Waals surface area contributed by atoms with Crippen molar-refractivity contribution in [1.29, 1.82) is 0 Å². The fourth-order valence-corrected chi connectivity index (χ4v) is 3.59. The molecule has 2 heterocycles. The Bertz CT molecular complexity index is 1030. The first-order chi connectivity index (χ1) is 11.8. The molecule has 24 heavy (non-hydrogen) atoms. The lowest BCUT2D eigenvalue weighted by Gasteiger charge is -2.05. The predicted octanol–water partition coefficient (Wildman–Crippen LogP) is 5.37. The number of furan rings is 1. The molecule has 120 valence electrons. The zero-order valence-corrected chi connectivity index (χ0v) is 13.9. The predicted molar refractivity (Wildman–Crippen MR) is 94.6 cm³/mol. The summed E-state index contributed by atoms with van der Waals surface area (Å²) >= 11 is 1.48. The van der Waals surface area contributed by atoms with Crippen molar-refractivity contribution in [1.82, 2.24) is 9.97 Å². The minimum atomic E-state index is -0.198. The van der Waals surface area contributed by atoms with Crippen LogP contribution in [0.25, 0.3) is 22.1 Å². The highest BCUT2D eigenvalue weighted by Gasteiger charge is 2.16. The van der Waals surface area contributed by atoms with Crippen LogP contribution in [0.15, 0.2) is 58.0 Å². The minimum absolute atomic E-state index is 0.198. The molecule has 0 atom stereocenters. The molecule has 2 aromatic heterocycles. The topological polar surface area (TPSA) is 38.9 Å². The van der Waals surface area contributed by atoms with Gasteiger partial charge >= 0.3 is 0 Å². The number of aromatic nitrogens is 2. The summed E-state index contributed by atoms with van der Waals surface area (Å²) in [5.41, 5.74) is 2.95. The Labute approximate surface area is 142 Å². The van der Waals surface area contributed by atoms with E-state index in [0.29, 0.717) is 16.9 Å². The van der Waals surface area contributed by atoms with Crippen LogP contribution < -0.4 is 0 Å². The van der Waals surface area contributed by atoms with E-state index in [2.05, 4.69) is 9.97 Å². The highest BCUT2D eigenvalue weighted by atomic mass is 32.2. The van der Waals surface area contributed by atoms with Gasteiger partial charge in [-0.25, -0.2) is 14.4 Å². The van der Waals surface area contributed by atoms with Gasteiger partial charge in [0.25, 0.3) is 0 Å². The second kappa shape index (κ2) is 6.24. The number of hydrogen-bond acceptors (Lipinski definition) is 4. The Hall–Kier alpha value is -2.40. The van der Waals surface area contributed by atoms with Gasteiger partial charge in [-0.2, -0.15) is 0 Å². The van der Waals surface area contributed by atoms with Gasteiger partial charge in [0.2, 0.25) is 0 Å². The first kappa shape index (κ1) is 15.1. The van der Waals surface area contributed by atoms with Crippen molar-refractivity contribution in [2.45, 2.75) is 24.1 Å². The Morgan fingerprint density at radius 1 is 1.04 bits per heavy atom. The van der Waals surface area contributed by atoms with Crippen LogP contribution in [-0.2, 0) is 12.2 Å². The molecule has 0 saturated carbocycles. The minimum Gasteiger partial charge on any atom is -0.451 e. The molecule has 2 aromatic carbocycles. The van der Waals surface area contributed by atoms with Crippen LogP contribution in [0.3, 0.4) is 0 Å². The molecule has 0 aliphatic heterocycles. The van der Waals surface area contributed by atoms with Gasteiger partial charge in [0, 0.05) is 17.6 Å². The number of hydrogen-bond donors (Lipinski definition) is 0. The van der Waals surface area contributed by atoms with Crippen LogP contribution >= 0.6 is 11.8 Å². The van der Waals surface area contributed by atoms with Gasteiger partial charge in [0.05, 0.1) is 0 Å². The number of benzene rings is 2. The summed E-state index contributed by atoms with van der Waals surface area (Å²) in [4.78, 5) is 9.22. The number of rotatable bonds is 4. The monoisotopic (exact) mass is 338 g/mol. The summed E-state index contributed by atoms with van der Waals surface area (Å²) in [7, 11) is 0. The lowest BCUT2D eigenvalue weighted by atomic mass is 10.2. The molecule has 4 rings (SSSR count). The largest absolute Gasteiger partial charge is 0.451 e. The third-order valence-corrected chi connectivity index (χ3v) is 4.88. The second-order valence-corrected chi connectivity index (χ2v) is 6.42. The molecule has 0 saturated heterocycles. The molecule has 0 unspecified atom stereocenters. The standard InChI is InChI=1S/C19H15FN2OS/c1-2-16-21-17-13-8-4-6-10-15(13)23-18(17)19(22-16)24-11-12-7-3-5-9-14(12)20/h3-10H,2,11H2,1H3. The first-order valence-corrected chi connectivity index (χ1v) is 8.79. The molecular formula is C19H15FN2OS. The summed E-state index contributed by atoms with van der Waals surface area (Å²) in [5, 5.41) is 1.74. The molecule has 5 heteroatoms. The summed E-state index contributed by atoms with van der Waals surface area (Å²) in [6.07, 6.45) is 0.739. The van der Waals surface area contributed by atoms with E-state index in [1.807, 2.05) is 37.3 Å². The first-order valence-electron chi connectivity index (χ1n) is 7.80. The maximum atomic E-state index is 13.8. The van der Waals surface area contributed by atoms with Gasteiger partial charge < -0.3 is 4.42 Å². The van der Waals surface area contributed by atoms with Gasteiger partial charge in [-0.3, -0.25) is 0 Å². The molecule has 0 aliphatic rings.